The second kappa shape index (κ2) is 16.5. The lowest BCUT2D eigenvalue weighted by atomic mass is 9.93. The highest BCUT2D eigenvalue weighted by Crippen LogP contribution is 2.43. The van der Waals surface area contributed by atoms with Crippen LogP contribution in [-0.2, 0) is 0 Å². The van der Waals surface area contributed by atoms with Crippen LogP contribution in [0.25, 0.3) is 104 Å². The summed E-state index contributed by atoms with van der Waals surface area (Å²) in [7, 11) is 0. The van der Waals surface area contributed by atoms with Gasteiger partial charge in [0.1, 0.15) is 0 Å². The highest BCUT2D eigenvalue weighted by Gasteiger charge is 2.19. The van der Waals surface area contributed by atoms with E-state index in [-0.39, 0.29) is 0 Å². The smallest absolute Gasteiger partial charge is 0.0541 e. The molecule has 1 heterocycles. The van der Waals surface area contributed by atoms with Gasteiger partial charge in [0.25, 0.3) is 0 Å². The molecule has 0 saturated heterocycles. The summed E-state index contributed by atoms with van der Waals surface area (Å²) in [5.74, 6) is 0. The normalized spacial score (nSPS) is 11.5. The van der Waals surface area contributed by atoms with Crippen LogP contribution in [0.1, 0.15) is 0 Å². The summed E-state index contributed by atoms with van der Waals surface area (Å²) in [4.78, 5) is 2.38. The minimum Gasteiger partial charge on any atom is -0.311 e. The summed E-state index contributed by atoms with van der Waals surface area (Å²) < 4.78 is 2.43. The van der Waals surface area contributed by atoms with Crippen LogP contribution in [0.4, 0.5) is 17.1 Å². The van der Waals surface area contributed by atoms with Gasteiger partial charge < -0.3 is 9.47 Å². The van der Waals surface area contributed by atoms with Crippen molar-refractivity contribution in [2.45, 2.75) is 0 Å². The van der Waals surface area contributed by atoms with Crippen LogP contribution < -0.4 is 4.90 Å². The molecule has 0 aliphatic carbocycles. The zero-order chi connectivity index (χ0) is 45.0. The second-order valence-corrected chi connectivity index (χ2v) is 17.6. The molecular weight excluding hydrogens is 821 g/mol. The number of anilines is 3. The van der Waals surface area contributed by atoms with E-state index < -0.39 is 0 Å². The molecule has 0 aliphatic heterocycles. The molecule has 0 fully saturated rings. The molecule has 0 bridgehead atoms. The summed E-state index contributed by atoms with van der Waals surface area (Å²) in [5, 5.41) is 10.1. The van der Waals surface area contributed by atoms with E-state index in [0.717, 1.165) is 28.3 Å². The van der Waals surface area contributed by atoms with E-state index >= 15 is 0 Å². The molecule has 0 amide bonds. The second-order valence-electron chi connectivity index (χ2n) is 17.6. The van der Waals surface area contributed by atoms with Crippen molar-refractivity contribution in [3.63, 3.8) is 0 Å². The van der Waals surface area contributed by atoms with Crippen LogP contribution in [0.5, 0.6) is 0 Å². The summed E-state index contributed by atoms with van der Waals surface area (Å²) in [6, 6.07) is 97.4. The van der Waals surface area contributed by atoms with Gasteiger partial charge in [-0.15, -0.1) is 0 Å². The van der Waals surface area contributed by atoms with Crippen LogP contribution in [0.15, 0.2) is 267 Å². The lowest BCUT2D eigenvalue weighted by molar-refractivity contribution is 1.18. The van der Waals surface area contributed by atoms with Crippen LogP contribution in [0.2, 0.25) is 0 Å². The Morgan fingerprint density at radius 3 is 1.28 bits per heavy atom. The van der Waals surface area contributed by atoms with Crippen LogP contribution in [0.3, 0.4) is 0 Å². The van der Waals surface area contributed by atoms with Gasteiger partial charge in [-0.25, -0.2) is 0 Å². The predicted molar refractivity (Wildman–Crippen MR) is 290 cm³/mol. The molecule has 2 nitrogen and oxygen atoms in total. The highest BCUT2D eigenvalue weighted by molar-refractivity contribution is 6.14. The largest absolute Gasteiger partial charge is 0.311 e. The number of rotatable bonds is 8. The van der Waals surface area contributed by atoms with Gasteiger partial charge in [0.2, 0.25) is 0 Å². The van der Waals surface area contributed by atoms with Crippen molar-refractivity contribution in [1.29, 1.82) is 0 Å². The Bertz CT molecular complexity index is 3950. The Morgan fingerprint density at radius 2 is 0.647 bits per heavy atom. The van der Waals surface area contributed by atoms with Gasteiger partial charge in [0.15, 0.2) is 0 Å². The first-order chi connectivity index (χ1) is 33.7. The monoisotopic (exact) mass is 864 g/mol. The topological polar surface area (TPSA) is 8.17 Å². The Labute approximate surface area is 395 Å². The van der Waals surface area contributed by atoms with Crippen LogP contribution in [0, 0.1) is 0 Å². The van der Waals surface area contributed by atoms with Gasteiger partial charge >= 0.3 is 0 Å². The standard InChI is InChI=1S/C66H44N2/c1-3-19-53-45(16-1)18-15-28-54(53)46-32-38-50(39-33-46)67(52-42-36-48(37-43-52)63-44-49-17-2-4-21-56(49)57-22-7-8-24-59(57)63)51-40-34-47(35-41-51)55-20-5-6-23-58(55)60-25-9-12-29-64(60)68-65-30-13-10-26-61(65)62-27-11-14-31-66(62)68/h1-44H. The number of aromatic nitrogens is 1. The number of hydrogen-bond acceptors (Lipinski definition) is 1. The third-order valence-corrected chi connectivity index (χ3v) is 13.8. The molecule has 0 radical (unpaired) electrons. The Kier molecular flexibility index (Phi) is 9.54. The zero-order valence-electron chi connectivity index (χ0n) is 37.3. The van der Waals surface area contributed by atoms with E-state index in [0.29, 0.717) is 0 Å². The van der Waals surface area contributed by atoms with E-state index in [2.05, 4.69) is 276 Å². The first-order valence-electron chi connectivity index (χ1n) is 23.4. The van der Waals surface area contributed by atoms with Crippen molar-refractivity contribution >= 4 is 71.2 Å². The average molecular weight is 865 g/mol. The maximum atomic E-state index is 2.43. The minimum absolute atomic E-state index is 1.08. The van der Waals surface area contributed by atoms with E-state index in [1.807, 2.05) is 0 Å². The number of benzene rings is 12. The van der Waals surface area contributed by atoms with Crippen molar-refractivity contribution < 1.29 is 0 Å². The molecule has 318 valence electrons. The van der Waals surface area contributed by atoms with Gasteiger partial charge in [-0.1, -0.05) is 206 Å². The first kappa shape index (κ1) is 39.4. The van der Waals surface area contributed by atoms with E-state index in [1.165, 1.54) is 93.1 Å². The van der Waals surface area contributed by atoms with Gasteiger partial charge in [-0.3, -0.25) is 0 Å². The Morgan fingerprint density at radius 1 is 0.235 bits per heavy atom. The van der Waals surface area contributed by atoms with Gasteiger partial charge in [0.05, 0.1) is 16.7 Å². The summed E-state index contributed by atoms with van der Waals surface area (Å²) in [5.41, 5.74) is 16.4. The quantitative estimate of drug-likeness (QED) is 0.138. The third-order valence-electron chi connectivity index (χ3n) is 13.8. The fraction of sp³-hybridized carbons (Fsp3) is 0. The fourth-order valence-electron chi connectivity index (χ4n) is 10.6. The van der Waals surface area contributed by atoms with Crippen LogP contribution >= 0.6 is 0 Å². The molecule has 2 heteroatoms. The molecule has 0 atom stereocenters. The third kappa shape index (κ3) is 6.65. The molecule has 68 heavy (non-hydrogen) atoms. The molecule has 12 aromatic carbocycles. The van der Waals surface area contributed by atoms with Gasteiger partial charge in [-0.05, 0) is 132 Å². The predicted octanol–water partition coefficient (Wildman–Crippen LogP) is 18.4. The fourth-order valence-corrected chi connectivity index (χ4v) is 10.6. The number of para-hydroxylation sites is 3. The summed E-state index contributed by atoms with van der Waals surface area (Å²) >= 11 is 0. The van der Waals surface area contributed by atoms with Crippen molar-refractivity contribution in [3.05, 3.63) is 267 Å². The summed E-state index contributed by atoms with van der Waals surface area (Å²) in [6.45, 7) is 0. The van der Waals surface area contributed by atoms with Crippen LogP contribution in [-0.4, -0.2) is 4.57 Å². The van der Waals surface area contributed by atoms with Gasteiger partial charge in [-0.2, -0.15) is 0 Å². The maximum Gasteiger partial charge on any atom is 0.0541 e. The molecular formula is C66H44N2. The van der Waals surface area contributed by atoms with Crippen molar-refractivity contribution in [2.24, 2.45) is 0 Å². The molecule has 13 rings (SSSR count). The lowest BCUT2D eigenvalue weighted by Crippen LogP contribution is -2.09. The molecule has 0 N–H and O–H groups in total. The van der Waals surface area contributed by atoms with Crippen molar-refractivity contribution in [1.82, 2.24) is 4.57 Å². The van der Waals surface area contributed by atoms with E-state index in [9.17, 15) is 0 Å². The van der Waals surface area contributed by atoms with Crippen molar-refractivity contribution in [2.75, 3.05) is 4.90 Å². The molecule has 0 aliphatic rings. The SMILES string of the molecule is c1ccc(-c2ccccc2-n2c3ccccc3c3ccccc32)c(-c2ccc(N(c3ccc(-c4cccc5ccccc45)cc3)c3ccc(-c4cc5ccccc5c5ccccc45)cc3)cc2)c1. The van der Waals surface area contributed by atoms with E-state index in [1.54, 1.807) is 0 Å². The Hall–Kier alpha value is -8.98. The number of hydrogen-bond donors (Lipinski definition) is 0. The number of fused-ring (bicyclic) bond motifs is 7. The Balaban J connectivity index is 0.913. The molecule has 0 saturated carbocycles. The van der Waals surface area contributed by atoms with Gasteiger partial charge in [0, 0.05) is 33.4 Å². The highest BCUT2D eigenvalue weighted by atomic mass is 15.1. The molecule has 1 aromatic heterocycles. The first-order valence-corrected chi connectivity index (χ1v) is 23.4. The van der Waals surface area contributed by atoms with E-state index in [4.69, 9.17) is 0 Å². The zero-order valence-corrected chi connectivity index (χ0v) is 37.3. The number of nitrogens with zero attached hydrogens (tertiary/aromatic N) is 2. The summed E-state index contributed by atoms with van der Waals surface area (Å²) in [6.07, 6.45) is 0. The molecule has 13 aromatic rings. The maximum absolute atomic E-state index is 2.43. The molecule has 0 spiro atoms. The molecule has 0 unspecified atom stereocenters. The average Bonchev–Trinajstić information content (AvgIpc) is 3.75. The lowest BCUT2D eigenvalue weighted by Gasteiger charge is -2.26. The minimum atomic E-state index is 1.08. The van der Waals surface area contributed by atoms with Crippen molar-refractivity contribution in [3.8, 4) is 50.2 Å².